The molecule has 2 heterocycles. The summed E-state index contributed by atoms with van der Waals surface area (Å²) in [5.74, 6) is 0.450. The van der Waals surface area contributed by atoms with Crippen molar-refractivity contribution in [3.63, 3.8) is 0 Å². The van der Waals surface area contributed by atoms with E-state index in [0.29, 0.717) is 0 Å². The zero-order chi connectivity index (χ0) is 32.2. The molecule has 2 aromatic heterocycles. The standard InChI is InChI=1S/C44H37N3/c1-26-19-27(2)22-35-36-23-28(3)21-30(5)42(36)38-24-39-40(25-37(38)41(35)29(4)20-26)47-44(43(46-39)33-9-7-6-8-10-33)34-13-11-31(12-14-34)32-15-17-45-18-16-32/h6-25,35,41H,1-5H3/b26-19-,27-22+,29-20-. The Morgan fingerprint density at radius 3 is 1.91 bits per heavy atom. The molecule has 6 aromatic rings. The molecule has 2 aliphatic rings. The minimum Gasteiger partial charge on any atom is -0.265 e. The van der Waals surface area contributed by atoms with Crippen LogP contribution in [0, 0.1) is 13.8 Å². The van der Waals surface area contributed by atoms with Crippen LogP contribution < -0.4 is 0 Å². The first-order valence-electron chi connectivity index (χ1n) is 16.4. The molecule has 4 aromatic carbocycles. The molecule has 0 radical (unpaired) electrons. The Bertz CT molecular complexity index is 2270. The lowest BCUT2D eigenvalue weighted by Crippen LogP contribution is -2.20. The summed E-state index contributed by atoms with van der Waals surface area (Å²) in [6.07, 6.45) is 10.8. The van der Waals surface area contributed by atoms with Crippen molar-refractivity contribution in [2.75, 3.05) is 0 Å². The molecule has 8 rings (SSSR count). The van der Waals surface area contributed by atoms with Crippen LogP contribution in [0.1, 0.15) is 54.9 Å². The Balaban J connectivity index is 1.39. The van der Waals surface area contributed by atoms with Crippen LogP contribution in [0.25, 0.3) is 55.8 Å². The molecule has 0 spiro atoms. The molecule has 0 aliphatic heterocycles. The van der Waals surface area contributed by atoms with E-state index < -0.39 is 0 Å². The number of hydrogen-bond acceptors (Lipinski definition) is 3. The van der Waals surface area contributed by atoms with E-state index >= 15 is 0 Å². The summed E-state index contributed by atoms with van der Waals surface area (Å²) in [7, 11) is 0. The average molecular weight is 608 g/mol. The molecular weight excluding hydrogens is 571 g/mol. The topological polar surface area (TPSA) is 38.7 Å². The van der Waals surface area contributed by atoms with E-state index in [9.17, 15) is 0 Å². The van der Waals surface area contributed by atoms with Crippen molar-refractivity contribution in [3.8, 4) is 44.8 Å². The van der Waals surface area contributed by atoms with E-state index in [4.69, 9.17) is 9.97 Å². The molecule has 47 heavy (non-hydrogen) atoms. The lowest BCUT2D eigenvalue weighted by molar-refractivity contribution is 0.686. The van der Waals surface area contributed by atoms with Gasteiger partial charge >= 0.3 is 0 Å². The maximum atomic E-state index is 5.44. The summed E-state index contributed by atoms with van der Waals surface area (Å²) in [6.45, 7) is 11.2. The normalized spacial score (nSPS) is 20.3. The largest absolute Gasteiger partial charge is 0.265 e. The van der Waals surface area contributed by atoms with Gasteiger partial charge < -0.3 is 0 Å². The van der Waals surface area contributed by atoms with Crippen molar-refractivity contribution >= 4 is 11.0 Å². The zero-order valence-electron chi connectivity index (χ0n) is 27.5. The average Bonchev–Trinajstić information content (AvgIpc) is 3.07. The van der Waals surface area contributed by atoms with Crippen molar-refractivity contribution in [3.05, 3.63) is 161 Å². The van der Waals surface area contributed by atoms with Crippen LogP contribution in [-0.4, -0.2) is 15.0 Å². The van der Waals surface area contributed by atoms with E-state index in [-0.39, 0.29) is 11.8 Å². The van der Waals surface area contributed by atoms with Gasteiger partial charge in [-0.2, -0.15) is 0 Å². The van der Waals surface area contributed by atoms with Gasteiger partial charge in [0.25, 0.3) is 0 Å². The van der Waals surface area contributed by atoms with E-state index in [1.807, 2.05) is 30.6 Å². The number of nitrogens with zero attached hydrogens (tertiary/aromatic N) is 3. The second kappa shape index (κ2) is 11.4. The van der Waals surface area contributed by atoms with E-state index in [1.54, 1.807) is 0 Å². The molecule has 2 aliphatic carbocycles. The molecule has 0 amide bonds. The third-order valence-electron chi connectivity index (χ3n) is 9.73. The predicted molar refractivity (Wildman–Crippen MR) is 195 cm³/mol. The molecule has 2 atom stereocenters. The van der Waals surface area contributed by atoms with Gasteiger partial charge in [0.2, 0.25) is 0 Å². The highest BCUT2D eigenvalue weighted by atomic mass is 14.8. The predicted octanol–water partition coefficient (Wildman–Crippen LogP) is 11.3. The first-order valence-corrected chi connectivity index (χ1v) is 16.4. The van der Waals surface area contributed by atoms with Crippen LogP contribution >= 0.6 is 0 Å². The molecule has 228 valence electrons. The SMILES string of the molecule is CC1=C/C(C)=C/C2c3cc(C)cc(C)c3-c3cc4nc(-c5ccccc5)c(-c5ccc(-c6ccncc6)cc5)nc4cc3C2/C(C)=C\1. The quantitative estimate of drug-likeness (QED) is 0.201. The maximum absolute atomic E-state index is 5.44. The van der Waals surface area contributed by atoms with Gasteiger partial charge in [0.15, 0.2) is 0 Å². The molecular formula is C44H37N3. The Morgan fingerprint density at radius 2 is 1.19 bits per heavy atom. The fraction of sp³-hybridized carbons (Fsp3) is 0.159. The number of allylic oxidation sites excluding steroid dienone is 6. The van der Waals surface area contributed by atoms with Gasteiger partial charge in [-0.1, -0.05) is 107 Å². The molecule has 2 unspecified atom stereocenters. The maximum Gasteiger partial charge on any atom is 0.0973 e. The van der Waals surface area contributed by atoms with E-state index in [1.165, 1.54) is 50.1 Å². The monoisotopic (exact) mass is 607 g/mol. The van der Waals surface area contributed by atoms with Crippen molar-refractivity contribution in [1.82, 2.24) is 15.0 Å². The van der Waals surface area contributed by atoms with Crippen molar-refractivity contribution < 1.29 is 0 Å². The van der Waals surface area contributed by atoms with Crippen LogP contribution in [0.3, 0.4) is 0 Å². The summed E-state index contributed by atoms with van der Waals surface area (Å²) in [6, 6.07) is 32.6. The minimum atomic E-state index is 0.209. The highest BCUT2D eigenvalue weighted by molar-refractivity contribution is 5.92. The number of aryl methyl sites for hydroxylation is 2. The highest BCUT2D eigenvalue weighted by Crippen LogP contribution is 2.53. The van der Waals surface area contributed by atoms with Crippen molar-refractivity contribution in [1.29, 1.82) is 0 Å². The number of benzene rings is 4. The Labute approximate surface area is 277 Å². The van der Waals surface area contributed by atoms with Gasteiger partial charge in [-0.15, -0.1) is 0 Å². The van der Waals surface area contributed by atoms with Gasteiger partial charge in [0.1, 0.15) is 0 Å². The van der Waals surface area contributed by atoms with Gasteiger partial charge in [-0.25, -0.2) is 9.97 Å². The summed E-state index contributed by atoms with van der Waals surface area (Å²) >= 11 is 0. The number of fused-ring (bicyclic) bond motifs is 7. The smallest absolute Gasteiger partial charge is 0.0973 e. The van der Waals surface area contributed by atoms with Crippen LogP contribution in [0.2, 0.25) is 0 Å². The van der Waals surface area contributed by atoms with Crippen LogP contribution in [-0.2, 0) is 0 Å². The molecule has 0 bridgehead atoms. The Morgan fingerprint density at radius 1 is 0.553 bits per heavy atom. The zero-order valence-corrected chi connectivity index (χ0v) is 27.5. The summed E-state index contributed by atoms with van der Waals surface area (Å²) < 4.78 is 0. The number of hydrogen-bond donors (Lipinski definition) is 0. The second-order valence-corrected chi connectivity index (χ2v) is 13.3. The lowest BCUT2D eigenvalue weighted by Gasteiger charge is -2.37. The van der Waals surface area contributed by atoms with Gasteiger partial charge in [0, 0.05) is 35.4 Å². The van der Waals surface area contributed by atoms with Gasteiger partial charge in [0.05, 0.1) is 22.4 Å². The summed E-state index contributed by atoms with van der Waals surface area (Å²) in [5, 5.41) is 0. The van der Waals surface area contributed by atoms with Crippen molar-refractivity contribution in [2.24, 2.45) is 0 Å². The Hall–Kier alpha value is -5.41. The lowest BCUT2D eigenvalue weighted by atomic mass is 9.66. The number of rotatable bonds is 3. The second-order valence-electron chi connectivity index (χ2n) is 13.3. The third kappa shape index (κ3) is 5.13. The minimum absolute atomic E-state index is 0.209. The van der Waals surface area contributed by atoms with Crippen LogP contribution in [0.15, 0.2) is 138 Å². The van der Waals surface area contributed by atoms with E-state index in [0.717, 1.165) is 44.7 Å². The van der Waals surface area contributed by atoms with Gasteiger partial charge in [-0.3, -0.25) is 4.98 Å². The molecule has 0 saturated carbocycles. The Kier molecular flexibility index (Phi) is 7.06. The molecule has 0 saturated heterocycles. The van der Waals surface area contributed by atoms with Crippen molar-refractivity contribution in [2.45, 2.75) is 46.5 Å². The summed E-state index contributed by atoms with van der Waals surface area (Å²) in [4.78, 5) is 15.0. The molecule has 3 nitrogen and oxygen atoms in total. The van der Waals surface area contributed by atoms with Crippen LogP contribution in [0.4, 0.5) is 0 Å². The summed E-state index contributed by atoms with van der Waals surface area (Å²) in [5.41, 5.74) is 19.9. The highest BCUT2D eigenvalue weighted by Gasteiger charge is 2.36. The van der Waals surface area contributed by atoms with Gasteiger partial charge in [-0.05, 0) is 97.8 Å². The number of pyridine rings is 1. The molecule has 3 heteroatoms. The number of aromatic nitrogens is 3. The fourth-order valence-electron chi connectivity index (χ4n) is 7.86. The third-order valence-corrected chi connectivity index (χ3v) is 9.73. The molecule has 0 fully saturated rings. The fourth-order valence-corrected chi connectivity index (χ4v) is 7.86. The van der Waals surface area contributed by atoms with Crippen LogP contribution in [0.5, 0.6) is 0 Å². The first kappa shape index (κ1) is 29.0. The molecule has 0 N–H and O–H groups in total. The van der Waals surface area contributed by atoms with E-state index in [2.05, 4.69) is 131 Å². The first-order chi connectivity index (χ1) is 22.8.